The predicted molar refractivity (Wildman–Crippen MR) is 112 cm³/mol. The summed E-state index contributed by atoms with van der Waals surface area (Å²) in [6, 6.07) is 22.1. The number of nitrogens with one attached hydrogen (secondary N) is 1. The fourth-order valence-corrected chi connectivity index (χ4v) is 2.97. The van der Waals surface area contributed by atoms with Gasteiger partial charge >= 0.3 is 0 Å². The van der Waals surface area contributed by atoms with Gasteiger partial charge in [0.2, 0.25) is 0 Å². The third kappa shape index (κ3) is 5.39. The minimum Gasteiger partial charge on any atom is -0.370 e. The number of aromatic nitrogens is 2. The molecule has 0 saturated heterocycles. The number of anilines is 1. The molecule has 144 valence electrons. The quantitative estimate of drug-likeness (QED) is 0.642. The molecule has 0 aliphatic rings. The molecule has 0 aliphatic carbocycles. The van der Waals surface area contributed by atoms with Crippen LogP contribution in [0.4, 0.5) is 5.82 Å². The molecular weight excluding hydrogens is 348 g/mol. The summed E-state index contributed by atoms with van der Waals surface area (Å²) in [7, 11) is 0. The molecule has 0 radical (unpaired) electrons. The monoisotopic (exact) mass is 374 g/mol. The Morgan fingerprint density at radius 2 is 1.61 bits per heavy atom. The van der Waals surface area contributed by atoms with E-state index in [1.165, 1.54) is 11.9 Å². The van der Waals surface area contributed by atoms with Crippen molar-refractivity contribution in [1.82, 2.24) is 14.9 Å². The highest BCUT2D eigenvalue weighted by Gasteiger charge is 2.20. The van der Waals surface area contributed by atoms with Gasteiger partial charge in [-0.3, -0.25) is 4.79 Å². The number of carbonyl (C=O) groups is 1. The van der Waals surface area contributed by atoms with Gasteiger partial charge in [0.05, 0.1) is 0 Å². The summed E-state index contributed by atoms with van der Waals surface area (Å²) in [5.74, 6) is 0.574. The Labute approximate surface area is 166 Å². The van der Waals surface area contributed by atoms with Crippen molar-refractivity contribution in [2.24, 2.45) is 0 Å². The Hall–Kier alpha value is -3.21. The predicted octanol–water partition coefficient (Wildman–Crippen LogP) is 4.18. The number of amides is 1. The second-order valence-electron chi connectivity index (χ2n) is 6.96. The average molecular weight is 374 g/mol. The molecule has 3 aromatic rings. The van der Waals surface area contributed by atoms with Crippen LogP contribution in [0.2, 0.25) is 0 Å². The van der Waals surface area contributed by atoms with Crippen LogP contribution < -0.4 is 5.32 Å². The Kier molecular flexibility index (Phi) is 6.73. The normalized spacial score (nSPS) is 10.7. The molecule has 5 nitrogen and oxygen atoms in total. The van der Waals surface area contributed by atoms with Gasteiger partial charge in [0.15, 0.2) is 0 Å². The van der Waals surface area contributed by atoms with Crippen molar-refractivity contribution < 1.29 is 4.79 Å². The Morgan fingerprint density at radius 3 is 2.25 bits per heavy atom. The molecular formula is C23H26N4O. The van der Waals surface area contributed by atoms with Gasteiger partial charge < -0.3 is 10.2 Å². The van der Waals surface area contributed by atoms with Crippen LogP contribution in [0.5, 0.6) is 0 Å². The van der Waals surface area contributed by atoms with Crippen molar-refractivity contribution in [3.05, 3.63) is 89.9 Å². The van der Waals surface area contributed by atoms with Gasteiger partial charge in [-0.25, -0.2) is 9.97 Å². The minimum absolute atomic E-state index is 0.0668. The highest BCUT2D eigenvalue weighted by molar-refractivity contribution is 5.93. The smallest absolute Gasteiger partial charge is 0.273 e. The molecule has 1 heterocycles. The molecule has 2 aromatic carbocycles. The number of rotatable bonds is 8. The second-order valence-corrected chi connectivity index (χ2v) is 6.96. The van der Waals surface area contributed by atoms with Crippen molar-refractivity contribution in [2.45, 2.75) is 32.9 Å². The first-order valence-electron chi connectivity index (χ1n) is 9.58. The molecule has 0 saturated carbocycles. The van der Waals surface area contributed by atoms with Gasteiger partial charge in [0.1, 0.15) is 17.8 Å². The van der Waals surface area contributed by atoms with E-state index in [0.717, 1.165) is 18.5 Å². The van der Waals surface area contributed by atoms with Gasteiger partial charge in [-0.15, -0.1) is 0 Å². The van der Waals surface area contributed by atoms with Crippen LogP contribution in [-0.2, 0) is 13.0 Å². The van der Waals surface area contributed by atoms with E-state index in [2.05, 4.69) is 27.4 Å². The fourth-order valence-electron chi connectivity index (χ4n) is 2.97. The molecule has 3 rings (SSSR count). The molecule has 1 N–H and O–H groups in total. The molecule has 0 fully saturated rings. The van der Waals surface area contributed by atoms with Crippen LogP contribution in [-0.4, -0.2) is 33.4 Å². The van der Waals surface area contributed by atoms with Gasteiger partial charge in [-0.1, -0.05) is 60.7 Å². The summed E-state index contributed by atoms with van der Waals surface area (Å²) in [4.78, 5) is 23.3. The van der Waals surface area contributed by atoms with Gasteiger partial charge in [0, 0.05) is 25.2 Å². The molecule has 0 atom stereocenters. The van der Waals surface area contributed by atoms with Crippen molar-refractivity contribution in [3.8, 4) is 0 Å². The minimum atomic E-state index is -0.0904. The van der Waals surface area contributed by atoms with E-state index >= 15 is 0 Å². The zero-order chi connectivity index (χ0) is 19.8. The fraction of sp³-hybridized carbons (Fsp3) is 0.261. The van der Waals surface area contributed by atoms with E-state index in [1.54, 1.807) is 6.07 Å². The molecule has 28 heavy (non-hydrogen) atoms. The van der Waals surface area contributed by atoms with Gasteiger partial charge in [0.25, 0.3) is 5.91 Å². The molecule has 1 aromatic heterocycles. The van der Waals surface area contributed by atoms with E-state index in [0.29, 0.717) is 18.1 Å². The third-order valence-electron chi connectivity index (χ3n) is 4.53. The zero-order valence-electron chi connectivity index (χ0n) is 16.4. The first-order valence-corrected chi connectivity index (χ1v) is 9.58. The SMILES string of the molecule is CC(C)N(Cc1ccccc1)C(=O)c1cc(NCCc2ccccc2)ncn1. The van der Waals surface area contributed by atoms with E-state index in [9.17, 15) is 4.79 Å². The zero-order valence-corrected chi connectivity index (χ0v) is 16.4. The van der Waals surface area contributed by atoms with Crippen molar-refractivity contribution in [1.29, 1.82) is 0 Å². The molecule has 0 aliphatic heterocycles. The number of hydrogen-bond acceptors (Lipinski definition) is 4. The summed E-state index contributed by atoms with van der Waals surface area (Å²) >= 11 is 0. The van der Waals surface area contributed by atoms with E-state index in [-0.39, 0.29) is 11.9 Å². The standard InChI is InChI=1S/C23H26N4O/c1-18(2)27(16-20-11-7-4-8-12-20)23(28)21-15-22(26-17-25-21)24-14-13-19-9-5-3-6-10-19/h3-12,15,17-18H,13-14,16H2,1-2H3,(H,24,25,26). The molecule has 1 amide bonds. The Morgan fingerprint density at radius 1 is 0.964 bits per heavy atom. The lowest BCUT2D eigenvalue weighted by molar-refractivity contribution is 0.0684. The molecule has 5 heteroatoms. The number of nitrogens with zero attached hydrogens (tertiary/aromatic N) is 3. The highest BCUT2D eigenvalue weighted by Crippen LogP contribution is 2.14. The first kappa shape index (κ1) is 19.5. The summed E-state index contributed by atoms with van der Waals surface area (Å²) in [5, 5.41) is 3.28. The first-order chi connectivity index (χ1) is 13.6. The molecule has 0 spiro atoms. The summed E-state index contributed by atoms with van der Waals surface area (Å²) in [6.45, 7) is 5.33. The van der Waals surface area contributed by atoms with Crippen LogP contribution in [0.25, 0.3) is 0 Å². The largest absolute Gasteiger partial charge is 0.370 e. The third-order valence-corrected chi connectivity index (χ3v) is 4.53. The highest BCUT2D eigenvalue weighted by atomic mass is 16.2. The summed E-state index contributed by atoms with van der Waals surface area (Å²) in [6.07, 6.45) is 2.33. The maximum Gasteiger partial charge on any atom is 0.273 e. The van der Waals surface area contributed by atoms with Crippen LogP contribution >= 0.6 is 0 Å². The Bertz CT molecular complexity index is 881. The number of hydrogen-bond donors (Lipinski definition) is 1. The van der Waals surface area contributed by atoms with Crippen LogP contribution in [0, 0.1) is 0 Å². The second kappa shape index (κ2) is 9.65. The van der Waals surface area contributed by atoms with Crippen LogP contribution in [0.3, 0.4) is 0 Å². The molecule has 0 unspecified atom stereocenters. The van der Waals surface area contributed by atoms with E-state index in [4.69, 9.17) is 0 Å². The van der Waals surface area contributed by atoms with E-state index < -0.39 is 0 Å². The summed E-state index contributed by atoms with van der Waals surface area (Å²) in [5.41, 5.74) is 2.76. The summed E-state index contributed by atoms with van der Waals surface area (Å²) < 4.78 is 0. The van der Waals surface area contributed by atoms with Gasteiger partial charge in [-0.2, -0.15) is 0 Å². The average Bonchev–Trinajstić information content (AvgIpc) is 2.73. The lowest BCUT2D eigenvalue weighted by Crippen LogP contribution is -2.37. The molecule has 0 bridgehead atoms. The lowest BCUT2D eigenvalue weighted by atomic mass is 10.1. The number of carbonyl (C=O) groups excluding carboxylic acids is 1. The van der Waals surface area contributed by atoms with Crippen molar-refractivity contribution in [3.63, 3.8) is 0 Å². The van der Waals surface area contributed by atoms with Gasteiger partial charge in [-0.05, 0) is 31.4 Å². The maximum absolute atomic E-state index is 13.0. The maximum atomic E-state index is 13.0. The van der Waals surface area contributed by atoms with Crippen molar-refractivity contribution in [2.75, 3.05) is 11.9 Å². The van der Waals surface area contributed by atoms with Crippen LogP contribution in [0.15, 0.2) is 73.1 Å². The lowest BCUT2D eigenvalue weighted by Gasteiger charge is -2.26. The number of benzene rings is 2. The van der Waals surface area contributed by atoms with E-state index in [1.807, 2.05) is 67.3 Å². The Balaban J connectivity index is 1.66. The topological polar surface area (TPSA) is 58.1 Å². The van der Waals surface area contributed by atoms with Crippen LogP contribution in [0.1, 0.15) is 35.5 Å². The van der Waals surface area contributed by atoms with Crippen molar-refractivity contribution >= 4 is 11.7 Å².